The summed E-state index contributed by atoms with van der Waals surface area (Å²) in [7, 11) is 0. The summed E-state index contributed by atoms with van der Waals surface area (Å²) in [6.07, 6.45) is 3.82. The van der Waals surface area contributed by atoms with Gasteiger partial charge in [-0.05, 0) is 42.2 Å². The van der Waals surface area contributed by atoms with Gasteiger partial charge in [-0.25, -0.2) is 4.68 Å². The number of anilines is 1. The van der Waals surface area contributed by atoms with E-state index < -0.39 is 0 Å². The largest absolute Gasteiger partial charge is 0.365 e. The third kappa shape index (κ3) is 3.00. The predicted molar refractivity (Wildman–Crippen MR) is 80.8 cm³/mol. The van der Waals surface area contributed by atoms with E-state index in [1.54, 1.807) is 0 Å². The highest BCUT2D eigenvalue weighted by Gasteiger charge is 2.24. The van der Waals surface area contributed by atoms with E-state index in [0.717, 1.165) is 38.2 Å². The summed E-state index contributed by atoms with van der Waals surface area (Å²) < 4.78 is 2.15. The Kier molecular flexibility index (Phi) is 4.99. The Hall–Kier alpha value is -0.880. The van der Waals surface area contributed by atoms with E-state index in [-0.39, 0.29) is 5.56 Å². The Labute approximate surface area is 122 Å². The lowest BCUT2D eigenvalue weighted by Crippen LogP contribution is -2.38. The van der Waals surface area contributed by atoms with Crippen LogP contribution >= 0.6 is 15.9 Å². The zero-order valence-corrected chi connectivity index (χ0v) is 13.1. The Morgan fingerprint density at radius 2 is 2.37 bits per heavy atom. The first-order chi connectivity index (χ1) is 9.19. The first-order valence-electron chi connectivity index (χ1n) is 6.92. The van der Waals surface area contributed by atoms with E-state index in [4.69, 9.17) is 0 Å². The number of aromatic nitrogens is 2. The highest BCUT2D eigenvalue weighted by Crippen LogP contribution is 2.25. The minimum Gasteiger partial charge on any atom is -0.365 e. The molecular weight excluding hydrogens is 308 g/mol. The molecule has 1 aromatic rings. The molecule has 1 aromatic heterocycles. The Balaban J connectivity index is 2.33. The molecule has 0 amide bonds. The molecule has 1 aliphatic heterocycles. The third-order valence-electron chi connectivity index (χ3n) is 3.53. The molecule has 0 radical (unpaired) electrons. The molecule has 2 rings (SSSR count). The van der Waals surface area contributed by atoms with Crippen molar-refractivity contribution in [2.75, 3.05) is 24.5 Å². The topological polar surface area (TPSA) is 50.2 Å². The van der Waals surface area contributed by atoms with Crippen LogP contribution in [0.25, 0.3) is 0 Å². The van der Waals surface area contributed by atoms with Crippen LogP contribution in [-0.4, -0.2) is 35.5 Å². The Morgan fingerprint density at radius 1 is 1.58 bits per heavy atom. The first kappa shape index (κ1) is 14.5. The number of rotatable bonds is 5. The van der Waals surface area contributed by atoms with Gasteiger partial charge < -0.3 is 10.2 Å². The van der Waals surface area contributed by atoms with Gasteiger partial charge in [0.15, 0.2) is 0 Å². The molecule has 106 valence electrons. The summed E-state index contributed by atoms with van der Waals surface area (Å²) in [5, 5.41) is 7.64. The standard InChI is InChI=1S/C13H21BrN4O/c1-3-7-18-13(19)12(14)11(9-16-18)17(4-2)10-5-6-15-8-10/h9-10,15H,3-8H2,1-2H3. The van der Waals surface area contributed by atoms with Crippen LogP contribution in [0.4, 0.5) is 5.69 Å². The second-order valence-corrected chi connectivity index (χ2v) is 5.60. The second kappa shape index (κ2) is 6.52. The van der Waals surface area contributed by atoms with Gasteiger partial charge in [0.05, 0.1) is 11.9 Å². The van der Waals surface area contributed by atoms with E-state index in [2.05, 4.69) is 38.2 Å². The van der Waals surface area contributed by atoms with Crippen molar-refractivity contribution in [2.24, 2.45) is 0 Å². The molecule has 19 heavy (non-hydrogen) atoms. The van der Waals surface area contributed by atoms with Crippen LogP contribution in [0.1, 0.15) is 26.7 Å². The molecule has 6 heteroatoms. The van der Waals surface area contributed by atoms with Crippen LogP contribution < -0.4 is 15.8 Å². The van der Waals surface area contributed by atoms with Crippen molar-refractivity contribution >= 4 is 21.6 Å². The Bertz CT molecular complexity index is 482. The number of hydrogen-bond acceptors (Lipinski definition) is 4. The molecule has 2 heterocycles. The van der Waals surface area contributed by atoms with Crippen LogP contribution in [-0.2, 0) is 6.54 Å². The van der Waals surface area contributed by atoms with E-state index in [9.17, 15) is 4.79 Å². The van der Waals surface area contributed by atoms with E-state index >= 15 is 0 Å². The van der Waals surface area contributed by atoms with E-state index in [1.165, 1.54) is 4.68 Å². The summed E-state index contributed by atoms with van der Waals surface area (Å²) in [5.74, 6) is 0. The van der Waals surface area contributed by atoms with Crippen molar-refractivity contribution < 1.29 is 0 Å². The highest BCUT2D eigenvalue weighted by molar-refractivity contribution is 9.10. The van der Waals surface area contributed by atoms with Gasteiger partial charge in [0, 0.05) is 25.7 Å². The average Bonchev–Trinajstić information content (AvgIpc) is 2.92. The molecule has 1 N–H and O–H groups in total. The maximum Gasteiger partial charge on any atom is 0.283 e. The van der Waals surface area contributed by atoms with Crippen molar-refractivity contribution in [1.82, 2.24) is 15.1 Å². The molecule has 1 atom stereocenters. The molecule has 0 bridgehead atoms. The van der Waals surface area contributed by atoms with E-state index in [0.29, 0.717) is 17.1 Å². The normalized spacial score (nSPS) is 18.8. The lowest BCUT2D eigenvalue weighted by atomic mass is 10.2. The molecule has 5 nitrogen and oxygen atoms in total. The first-order valence-corrected chi connectivity index (χ1v) is 7.71. The van der Waals surface area contributed by atoms with Gasteiger partial charge in [-0.15, -0.1) is 0 Å². The van der Waals surface area contributed by atoms with Crippen LogP contribution in [0.15, 0.2) is 15.5 Å². The van der Waals surface area contributed by atoms with Crippen LogP contribution in [0.3, 0.4) is 0 Å². The highest BCUT2D eigenvalue weighted by atomic mass is 79.9. The lowest BCUT2D eigenvalue weighted by molar-refractivity contribution is 0.560. The van der Waals surface area contributed by atoms with Gasteiger partial charge in [-0.1, -0.05) is 6.92 Å². The lowest BCUT2D eigenvalue weighted by Gasteiger charge is -2.29. The average molecular weight is 329 g/mol. The van der Waals surface area contributed by atoms with Crippen molar-refractivity contribution in [3.8, 4) is 0 Å². The molecule has 0 spiro atoms. The van der Waals surface area contributed by atoms with Crippen LogP contribution in [0.5, 0.6) is 0 Å². The van der Waals surface area contributed by atoms with Crippen LogP contribution in [0.2, 0.25) is 0 Å². The molecule has 1 fully saturated rings. The fraction of sp³-hybridized carbons (Fsp3) is 0.692. The van der Waals surface area contributed by atoms with Crippen molar-refractivity contribution in [2.45, 2.75) is 39.3 Å². The molecule has 1 aliphatic rings. The fourth-order valence-corrected chi connectivity index (χ4v) is 3.09. The monoisotopic (exact) mass is 328 g/mol. The summed E-state index contributed by atoms with van der Waals surface area (Å²) in [6.45, 7) is 7.71. The Morgan fingerprint density at radius 3 is 2.95 bits per heavy atom. The van der Waals surface area contributed by atoms with Crippen LogP contribution in [0, 0.1) is 0 Å². The number of aryl methyl sites for hydroxylation is 1. The van der Waals surface area contributed by atoms with Gasteiger partial charge in [0.25, 0.3) is 5.56 Å². The zero-order valence-electron chi connectivity index (χ0n) is 11.5. The van der Waals surface area contributed by atoms with Crippen molar-refractivity contribution in [1.29, 1.82) is 0 Å². The second-order valence-electron chi connectivity index (χ2n) is 4.80. The summed E-state index contributed by atoms with van der Waals surface area (Å²) in [4.78, 5) is 14.5. The summed E-state index contributed by atoms with van der Waals surface area (Å²) in [5.41, 5.74) is 0.873. The van der Waals surface area contributed by atoms with Crippen molar-refractivity contribution in [3.05, 3.63) is 21.0 Å². The molecule has 0 saturated carbocycles. The summed E-state index contributed by atoms with van der Waals surface area (Å²) in [6, 6.07) is 0.449. The van der Waals surface area contributed by atoms with E-state index in [1.807, 2.05) is 13.1 Å². The fourth-order valence-electron chi connectivity index (χ4n) is 2.56. The van der Waals surface area contributed by atoms with Gasteiger partial charge in [-0.3, -0.25) is 4.79 Å². The quantitative estimate of drug-likeness (QED) is 0.892. The predicted octanol–water partition coefficient (Wildman–Crippen LogP) is 1.60. The minimum absolute atomic E-state index is 0.0382. The van der Waals surface area contributed by atoms with Gasteiger partial charge >= 0.3 is 0 Å². The number of nitrogens with one attached hydrogen (secondary N) is 1. The number of hydrogen-bond donors (Lipinski definition) is 1. The minimum atomic E-state index is -0.0382. The molecule has 0 aromatic carbocycles. The maximum absolute atomic E-state index is 12.2. The SMILES string of the molecule is CCCn1ncc(N(CC)C2CCNC2)c(Br)c1=O. The van der Waals surface area contributed by atoms with Gasteiger partial charge in [-0.2, -0.15) is 5.10 Å². The zero-order chi connectivity index (χ0) is 13.8. The number of halogens is 1. The summed E-state index contributed by atoms with van der Waals surface area (Å²) >= 11 is 3.45. The third-order valence-corrected chi connectivity index (χ3v) is 4.27. The van der Waals surface area contributed by atoms with Gasteiger partial charge in [0.2, 0.25) is 0 Å². The molecular formula is C13H21BrN4O. The molecule has 0 aliphatic carbocycles. The number of nitrogens with zero attached hydrogens (tertiary/aromatic N) is 3. The van der Waals surface area contributed by atoms with Crippen molar-refractivity contribution in [3.63, 3.8) is 0 Å². The smallest absolute Gasteiger partial charge is 0.283 e. The maximum atomic E-state index is 12.2. The van der Waals surface area contributed by atoms with Gasteiger partial charge in [0.1, 0.15) is 4.47 Å². The molecule has 1 saturated heterocycles. The molecule has 1 unspecified atom stereocenters. The number of likely N-dealkylation sites (N-methyl/N-ethyl adjacent to an activating group) is 1.